The van der Waals surface area contributed by atoms with Gasteiger partial charge in [-0.2, -0.15) is 5.26 Å². The molecule has 1 unspecified atom stereocenters. The minimum absolute atomic E-state index is 0.477. The second-order valence-electron chi connectivity index (χ2n) is 5.42. The summed E-state index contributed by atoms with van der Waals surface area (Å²) in [5.41, 5.74) is 1.68. The maximum atomic E-state index is 9.22. The summed E-state index contributed by atoms with van der Waals surface area (Å²) in [5.74, 6) is 0. The average Bonchev–Trinajstić information content (AvgIpc) is 2.67. The molecule has 1 N–H and O–H groups in total. The van der Waals surface area contributed by atoms with Crippen molar-refractivity contribution in [3.05, 3.63) is 28.2 Å². The maximum absolute atomic E-state index is 9.22. The zero-order chi connectivity index (χ0) is 14.4. The summed E-state index contributed by atoms with van der Waals surface area (Å²) in [6.07, 6.45) is 4.79. The predicted octanol–water partition coefficient (Wildman–Crippen LogP) is 4.00. The minimum Gasteiger partial charge on any atom is -0.381 e. The van der Waals surface area contributed by atoms with E-state index in [0.29, 0.717) is 11.6 Å². The standard InChI is InChI=1S/C16H22BrN3/c1-2-8-20-9-3-4-15(7-10-20)19-16-6-5-14(17)11-13(16)12-18/h5-6,11,15,19H,2-4,7-10H2,1H3. The molecule has 3 nitrogen and oxygen atoms in total. The fourth-order valence-electron chi connectivity index (χ4n) is 2.79. The number of nitrogens with one attached hydrogen (secondary N) is 1. The van der Waals surface area contributed by atoms with E-state index < -0.39 is 0 Å². The normalized spacial score (nSPS) is 20.1. The van der Waals surface area contributed by atoms with E-state index in [1.54, 1.807) is 0 Å². The Labute approximate surface area is 130 Å². The van der Waals surface area contributed by atoms with Crippen LogP contribution in [0.5, 0.6) is 0 Å². The van der Waals surface area contributed by atoms with Crippen molar-refractivity contribution < 1.29 is 0 Å². The van der Waals surface area contributed by atoms with E-state index in [2.05, 4.69) is 39.1 Å². The summed E-state index contributed by atoms with van der Waals surface area (Å²) in [6, 6.07) is 8.61. The number of hydrogen-bond acceptors (Lipinski definition) is 3. The van der Waals surface area contributed by atoms with Crippen molar-refractivity contribution in [2.24, 2.45) is 0 Å². The van der Waals surface area contributed by atoms with Crippen molar-refractivity contribution in [1.29, 1.82) is 5.26 Å². The Morgan fingerprint density at radius 2 is 2.25 bits per heavy atom. The lowest BCUT2D eigenvalue weighted by Crippen LogP contribution is -2.27. The molecule has 0 spiro atoms. The lowest BCUT2D eigenvalue weighted by atomic mass is 10.1. The Morgan fingerprint density at radius 1 is 1.40 bits per heavy atom. The Balaban J connectivity index is 1.98. The first-order chi connectivity index (χ1) is 9.72. The summed E-state index contributed by atoms with van der Waals surface area (Å²) in [5, 5.41) is 12.8. The van der Waals surface area contributed by atoms with Crippen LogP contribution in [0.1, 0.15) is 38.2 Å². The van der Waals surface area contributed by atoms with Crippen LogP contribution in [0.2, 0.25) is 0 Å². The van der Waals surface area contributed by atoms with Gasteiger partial charge in [0, 0.05) is 17.1 Å². The number of benzene rings is 1. The summed E-state index contributed by atoms with van der Waals surface area (Å²) in [4.78, 5) is 2.55. The number of likely N-dealkylation sites (tertiary alicyclic amines) is 1. The van der Waals surface area contributed by atoms with Crippen molar-refractivity contribution in [3.8, 4) is 6.07 Å². The fourth-order valence-corrected chi connectivity index (χ4v) is 3.16. The van der Waals surface area contributed by atoms with Crippen molar-refractivity contribution in [2.75, 3.05) is 25.0 Å². The molecule has 0 aromatic heterocycles. The van der Waals surface area contributed by atoms with Crippen LogP contribution in [0.3, 0.4) is 0 Å². The SMILES string of the molecule is CCCN1CCCC(Nc2ccc(Br)cc2C#N)CC1. The van der Waals surface area contributed by atoms with Gasteiger partial charge < -0.3 is 10.2 Å². The molecule has 20 heavy (non-hydrogen) atoms. The molecule has 0 bridgehead atoms. The molecule has 0 aliphatic carbocycles. The molecule has 1 aliphatic heterocycles. The number of halogens is 1. The van der Waals surface area contributed by atoms with Crippen molar-refractivity contribution in [3.63, 3.8) is 0 Å². The van der Waals surface area contributed by atoms with Gasteiger partial charge in [-0.25, -0.2) is 0 Å². The second-order valence-corrected chi connectivity index (χ2v) is 6.33. The van der Waals surface area contributed by atoms with Gasteiger partial charge in [0.05, 0.1) is 11.3 Å². The molecule has 4 heteroatoms. The van der Waals surface area contributed by atoms with Crippen LogP contribution in [0.4, 0.5) is 5.69 Å². The van der Waals surface area contributed by atoms with Gasteiger partial charge in [-0.05, 0) is 57.0 Å². The van der Waals surface area contributed by atoms with E-state index in [9.17, 15) is 5.26 Å². The number of nitriles is 1. The summed E-state index contributed by atoms with van der Waals surface area (Å²) >= 11 is 3.41. The predicted molar refractivity (Wildman–Crippen MR) is 86.8 cm³/mol. The lowest BCUT2D eigenvalue weighted by Gasteiger charge is -2.20. The fraction of sp³-hybridized carbons (Fsp3) is 0.562. The van der Waals surface area contributed by atoms with Crippen LogP contribution in [0.25, 0.3) is 0 Å². The van der Waals surface area contributed by atoms with Gasteiger partial charge in [0.15, 0.2) is 0 Å². The van der Waals surface area contributed by atoms with Crippen LogP contribution in [0, 0.1) is 11.3 Å². The van der Waals surface area contributed by atoms with Gasteiger partial charge in [0.1, 0.15) is 6.07 Å². The molecule has 0 radical (unpaired) electrons. The lowest BCUT2D eigenvalue weighted by molar-refractivity contribution is 0.285. The van der Waals surface area contributed by atoms with Gasteiger partial charge in [-0.3, -0.25) is 0 Å². The highest BCUT2D eigenvalue weighted by Crippen LogP contribution is 2.23. The van der Waals surface area contributed by atoms with Gasteiger partial charge in [-0.1, -0.05) is 22.9 Å². The van der Waals surface area contributed by atoms with E-state index in [1.165, 1.54) is 32.4 Å². The maximum Gasteiger partial charge on any atom is 0.101 e. The summed E-state index contributed by atoms with van der Waals surface area (Å²) in [7, 11) is 0. The zero-order valence-corrected chi connectivity index (χ0v) is 13.6. The molecule has 1 saturated heterocycles. The molecule has 1 aromatic carbocycles. The van der Waals surface area contributed by atoms with Crippen LogP contribution in [-0.2, 0) is 0 Å². The van der Waals surface area contributed by atoms with E-state index >= 15 is 0 Å². The van der Waals surface area contributed by atoms with E-state index in [-0.39, 0.29) is 0 Å². The Kier molecular flexibility index (Phi) is 5.87. The van der Waals surface area contributed by atoms with Crippen molar-refractivity contribution in [1.82, 2.24) is 4.90 Å². The molecule has 1 fully saturated rings. The number of anilines is 1. The molecular weight excluding hydrogens is 314 g/mol. The highest BCUT2D eigenvalue weighted by Gasteiger charge is 2.17. The monoisotopic (exact) mass is 335 g/mol. The second kappa shape index (κ2) is 7.66. The van der Waals surface area contributed by atoms with Crippen LogP contribution in [-0.4, -0.2) is 30.6 Å². The number of hydrogen-bond donors (Lipinski definition) is 1. The smallest absolute Gasteiger partial charge is 0.101 e. The first-order valence-corrected chi connectivity index (χ1v) is 8.20. The molecular formula is C16H22BrN3. The molecule has 108 valence electrons. The number of rotatable bonds is 4. The third kappa shape index (κ3) is 4.22. The Bertz CT molecular complexity index is 481. The highest BCUT2D eigenvalue weighted by atomic mass is 79.9. The van der Waals surface area contributed by atoms with Gasteiger partial charge in [0.25, 0.3) is 0 Å². The van der Waals surface area contributed by atoms with Crippen molar-refractivity contribution in [2.45, 2.75) is 38.6 Å². The minimum atomic E-state index is 0.477. The average molecular weight is 336 g/mol. The largest absolute Gasteiger partial charge is 0.381 e. The molecule has 1 aliphatic rings. The van der Waals surface area contributed by atoms with Gasteiger partial charge >= 0.3 is 0 Å². The molecule has 2 rings (SSSR count). The molecule has 1 heterocycles. The summed E-state index contributed by atoms with van der Waals surface area (Å²) in [6.45, 7) is 5.80. The van der Waals surface area contributed by atoms with Crippen LogP contribution in [0.15, 0.2) is 22.7 Å². The van der Waals surface area contributed by atoms with Crippen LogP contribution < -0.4 is 5.32 Å². The highest BCUT2D eigenvalue weighted by molar-refractivity contribution is 9.10. The first kappa shape index (κ1) is 15.3. The van der Waals surface area contributed by atoms with Gasteiger partial charge in [-0.15, -0.1) is 0 Å². The Hall–Kier alpha value is -1.05. The molecule has 0 saturated carbocycles. The first-order valence-electron chi connectivity index (χ1n) is 7.41. The van der Waals surface area contributed by atoms with Crippen LogP contribution >= 0.6 is 15.9 Å². The Morgan fingerprint density at radius 3 is 3.00 bits per heavy atom. The third-order valence-electron chi connectivity index (χ3n) is 3.82. The quantitative estimate of drug-likeness (QED) is 0.903. The van der Waals surface area contributed by atoms with E-state index in [1.807, 2.05) is 18.2 Å². The molecule has 1 aromatic rings. The third-order valence-corrected chi connectivity index (χ3v) is 4.32. The van der Waals surface area contributed by atoms with Crippen molar-refractivity contribution >= 4 is 21.6 Å². The van der Waals surface area contributed by atoms with Gasteiger partial charge in [0.2, 0.25) is 0 Å². The molecule has 0 amide bonds. The van der Waals surface area contributed by atoms with E-state index in [4.69, 9.17) is 0 Å². The summed E-state index contributed by atoms with van der Waals surface area (Å²) < 4.78 is 0.953. The zero-order valence-electron chi connectivity index (χ0n) is 12.0. The topological polar surface area (TPSA) is 39.1 Å². The number of nitrogens with zero attached hydrogens (tertiary/aromatic N) is 2. The van der Waals surface area contributed by atoms with E-state index in [0.717, 1.165) is 23.1 Å². The molecule has 1 atom stereocenters.